The van der Waals surface area contributed by atoms with Crippen LogP contribution in [0.25, 0.3) is 11.0 Å². The topological polar surface area (TPSA) is 85.2 Å². The maximum absolute atomic E-state index is 12.6. The second-order valence-corrected chi connectivity index (χ2v) is 8.92. The lowest BCUT2D eigenvalue weighted by molar-refractivity contribution is 0.0951. The van der Waals surface area contributed by atoms with E-state index in [1.165, 1.54) is 31.0 Å². The molecule has 0 aliphatic carbocycles. The molecule has 0 spiro atoms. The summed E-state index contributed by atoms with van der Waals surface area (Å²) in [5, 5.41) is 9.19. The van der Waals surface area contributed by atoms with Crippen molar-refractivity contribution in [3.63, 3.8) is 0 Å². The second-order valence-electron chi connectivity index (χ2n) is 7.29. The zero-order valence-corrected chi connectivity index (χ0v) is 20.0. The molecule has 1 aliphatic rings. The van der Waals surface area contributed by atoms with Crippen LogP contribution in [0, 0.1) is 0 Å². The first kappa shape index (κ1) is 21.9. The highest BCUT2D eigenvalue weighted by atomic mass is 79.9. The summed E-state index contributed by atoms with van der Waals surface area (Å²) in [4.78, 5) is 24.4. The zero-order valence-electron chi connectivity index (χ0n) is 17.6. The van der Waals surface area contributed by atoms with Gasteiger partial charge in [0.1, 0.15) is 11.6 Å². The predicted octanol–water partition coefficient (Wildman–Crippen LogP) is 3.74. The molecular weight excluding hydrogens is 480 g/mol. The van der Waals surface area contributed by atoms with Gasteiger partial charge < -0.3 is 15.0 Å². The van der Waals surface area contributed by atoms with Crippen LogP contribution in [0.15, 0.2) is 34.0 Å². The third kappa shape index (κ3) is 4.79. The molecule has 1 saturated heterocycles. The van der Waals surface area contributed by atoms with Crippen molar-refractivity contribution in [2.45, 2.75) is 31.0 Å². The molecule has 0 bridgehead atoms. The van der Waals surface area contributed by atoms with Gasteiger partial charge in [-0.1, -0.05) is 11.8 Å². The highest BCUT2D eigenvalue weighted by Crippen LogP contribution is 2.28. The van der Waals surface area contributed by atoms with Crippen molar-refractivity contribution < 1.29 is 9.53 Å². The Morgan fingerprint density at radius 3 is 2.81 bits per heavy atom. The van der Waals surface area contributed by atoms with Gasteiger partial charge in [0.15, 0.2) is 10.8 Å². The fourth-order valence-corrected chi connectivity index (χ4v) is 4.48. The van der Waals surface area contributed by atoms with Gasteiger partial charge in [-0.25, -0.2) is 14.6 Å². The maximum Gasteiger partial charge on any atom is 0.252 e. The van der Waals surface area contributed by atoms with Gasteiger partial charge in [0.2, 0.25) is 0 Å². The van der Waals surface area contributed by atoms with Gasteiger partial charge in [0.05, 0.1) is 30.8 Å². The Morgan fingerprint density at radius 2 is 2.06 bits per heavy atom. The lowest BCUT2D eigenvalue weighted by atomic mass is 10.1. The number of nitrogens with zero attached hydrogens (tertiary/aromatic N) is 5. The quantitative estimate of drug-likeness (QED) is 0.387. The highest BCUT2D eigenvalue weighted by Gasteiger charge is 2.20. The van der Waals surface area contributed by atoms with E-state index in [2.05, 4.69) is 31.2 Å². The summed E-state index contributed by atoms with van der Waals surface area (Å²) in [5.41, 5.74) is 1.33. The largest absolute Gasteiger partial charge is 0.497 e. The molecule has 0 atom stereocenters. The van der Waals surface area contributed by atoms with E-state index in [4.69, 9.17) is 14.7 Å². The second kappa shape index (κ2) is 9.86. The minimum absolute atomic E-state index is 0.171. The van der Waals surface area contributed by atoms with E-state index in [1.54, 1.807) is 25.3 Å². The van der Waals surface area contributed by atoms with Gasteiger partial charge in [-0.3, -0.25) is 4.79 Å². The third-order valence-corrected chi connectivity index (χ3v) is 6.56. The summed E-state index contributed by atoms with van der Waals surface area (Å²) in [6.07, 6.45) is 7.45. The standard InChI is InChI=1S/C21H25BrN6O2S/c1-30-14-6-7-17(22)15(12-14)20(29)23-8-11-28-19-16(13-24-28)18(25-21(26-19)31-2)27-9-4-3-5-10-27/h6-7,12-13H,3-5,8-11H2,1-2H3,(H,23,29). The minimum Gasteiger partial charge on any atom is -0.497 e. The Hall–Kier alpha value is -2.33. The number of fused-ring (bicyclic) bond motifs is 1. The van der Waals surface area contributed by atoms with Gasteiger partial charge >= 0.3 is 0 Å². The molecule has 3 aromatic rings. The molecular formula is C21H25BrN6O2S. The number of thioether (sulfide) groups is 1. The number of hydrogen-bond donors (Lipinski definition) is 1. The molecule has 164 valence electrons. The van der Waals surface area contributed by atoms with E-state index in [1.807, 2.05) is 17.1 Å². The maximum atomic E-state index is 12.6. The van der Waals surface area contributed by atoms with Crippen LogP contribution in [0.1, 0.15) is 29.6 Å². The van der Waals surface area contributed by atoms with Crippen molar-refractivity contribution in [1.29, 1.82) is 0 Å². The van der Waals surface area contributed by atoms with E-state index in [-0.39, 0.29) is 5.91 Å². The van der Waals surface area contributed by atoms with Gasteiger partial charge in [-0.05, 0) is 59.6 Å². The number of amides is 1. The lowest BCUT2D eigenvalue weighted by Gasteiger charge is -2.28. The van der Waals surface area contributed by atoms with Crippen molar-refractivity contribution in [3.8, 4) is 5.75 Å². The SMILES string of the molecule is COc1ccc(Br)c(C(=O)NCCn2ncc3c(N4CCCCC4)nc(SC)nc32)c1. The summed E-state index contributed by atoms with van der Waals surface area (Å²) in [7, 11) is 1.58. The van der Waals surface area contributed by atoms with Crippen LogP contribution >= 0.6 is 27.7 Å². The van der Waals surface area contributed by atoms with Gasteiger partial charge in [0.25, 0.3) is 5.91 Å². The summed E-state index contributed by atoms with van der Waals surface area (Å²) in [5.74, 6) is 1.43. The number of rotatable bonds is 7. The van der Waals surface area contributed by atoms with Crippen LogP contribution in [0.5, 0.6) is 5.75 Å². The van der Waals surface area contributed by atoms with Gasteiger partial charge in [-0.15, -0.1) is 0 Å². The van der Waals surface area contributed by atoms with E-state index in [0.717, 1.165) is 39.6 Å². The Bertz CT molecular complexity index is 1080. The average molecular weight is 505 g/mol. The molecule has 0 unspecified atom stereocenters. The molecule has 1 aliphatic heterocycles. The molecule has 31 heavy (non-hydrogen) atoms. The number of anilines is 1. The smallest absolute Gasteiger partial charge is 0.252 e. The fraction of sp³-hybridized carbons (Fsp3) is 0.429. The summed E-state index contributed by atoms with van der Waals surface area (Å²) in [6, 6.07) is 5.32. The number of hydrogen-bond acceptors (Lipinski definition) is 7. The normalized spacial score (nSPS) is 14.1. The molecule has 8 nitrogen and oxygen atoms in total. The van der Waals surface area contributed by atoms with Crippen LogP contribution < -0.4 is 15.0 Å². The Kier molecular flexibility index (Phi) is 6.96. The van der Waals surface area contributed by atoms with E-state index in [0.29, 0.717) is 24.4 Å². The van der Waals surface area contributed by atoms with Crippen molar-refractivity contribution in [1.82, 2.24) is 25.1 Å². The number of carbonyl (C=O) groups excluding carboxylic acids is 1. The Balaban J connectivity index is 1.51. The van der Waals surface area contributed by atoms with E-state index in [9.17, 15) is 4.79 Å². The van der Waals surface area contributed by atoms with Gasteiger partial charge in [0, 0.05) is 24.1 Å². The number of benzene rings is 1. The summed E-state index contributed by atoms with van der Waals surface area (Å²) >= 11 is 4.96. The summed E-state index contributed by atoms with van der Waals surface area (Å²) in [6.45, 7) is 2.96. The Morgan fingerprint density at radius 1 is 1.26 bits per heavy atom. The zero-order chi connectivity index (χ0) is 21.8. The average Bonchev–Trinajstić information content (AvgIpc) is 3.22. The highest BCUT2D eigenvalue weighted by molar-refractivity contribution is 9.10. The van der Waals surface area contributed by atoms with Crippen LogP contribution in [-0.4, -0.2) is 58.7 Å². The molecule has 0 saturated carbocycles. The fourth-order valence-electron chi connectivity index (χ4n) is 3.70. The first-order valence-corrected chi connectivity index (χ1v) is 12.3. The lowest BCUT2D eigenvalue weighted by Crippen LogP contribution is -2.30. The van der Waals surface area contributed by atoms with Crippen LogP contribution in [0.3, 0.4) is 0 Å². The van der Waals surface area contributed by atoms with Crippen molar-refractivity contribution in [3.05, 3.63) is 34.4 Å². The number of halogens is 1. The number of piperidine rings is 1. The van der Waals surface area contributed by atoms with E-state index >= 15 is 0 Å². The minimum atomic E-state index is -0.171. The molecule has 3 heterocycles. The van der Waals surface area contributed by atoms with Crippen molar-refractivity contribution in [2.75, 3.05) is 37.9 Å². The molecule has 1 N–H and O–H groups in total. The van der Waals surface area contributed by atoms with Crippen LogP contribution in [0.4, 0.5) is 5.82 Å². The number of aromatic nitrogens is 4. The Labute approximate surface area is 193 Å². The van der Waals surface area contributed by atoms with Crippen molar-refractivity contribution in [2.24, 2.45) is 0 Å². The molecule has 4 rings (SSSR count). The molecule has 0 radical (unpaired) electrons. The van der Waals surface area contributed by atoms with Gasteiger partial charge in [-0.2, -0.15) is 5.10 Å². The number of ether oxygens (including phenoxy) is 1. The molecule has 10 heteroatoms. The first-order chi connectivity index (χ1) is 15.1. The van der Waals surface area contributed by atoms with Crippen molar-refractivity contribution >= 4 is 50.5 Å². The van der Waals surface area contributed by atoms with Crippen LogP contribution in [0.2, 0.25) is 0 Å². The molecule has 1 fully saturated rings. The van der Waals surface area contributed by atoms with E-state index < -0.39 is 0 Å². The third-order valence-electron chi connectivity index (χ3n) is 5.32. The summed E-state index contributed by atoms with van der Waals surface area (Å²) < 4.78 is 7.78. The molecule has 1 amide bonds. The number of nitrogens with one attached hydrogen (secondary N) is 1. The van der Waals surface area contributed by atoms with Crippen LogP contribution in [-0.2, 0) is 6.54 Å². The number of carbonyl (C=O) groups is 1. The molecule has 1 aromatic carbocycles. The number of methoxy groups -OCH3 is 1. The first-order valence-electron chi connectivity index (χ1n) is 10.2. The molecule has 2 aromatic heterocycles. The monoisotopic (exact) mass is 504 g/mol. The predicted molar refractivity (Wildman–Crippen MR) is 126 cm³/mol.